The number of methoxy groups -OCH3 is 1. The predicted molar refractivity (Wildman–Crippen MR) is 256 cm³/mol. The smallest absolute Gasteiger partial charge is 0.305 e. The number of carbonyl (C=O) groups excluding carboxylic acids is 2. The van der Waals surface area contributed by atoms with Crippen LogP contribution in [-0.2, 0) is 23.8 Å². The van der Waals surface area contributed by atoms with Gasteiger partial charge < -0.3 is 23.9 Å². The molecule has 1 atom stereocenters. The molecule has 1 rings (SSSR count). The number of likely N-dealkylation sites (tertiary alicyclic amines) is 1. The van der Waals surface area contributed by atoms with E-state index in [9.17, 15) is 9.59 Å². The van der Waals surface area contributed by atoms with Gasteiger partial charge in [0.15, 0.2) is 0 Å². The van der Waals surface area contributed by atoms with Crippen molar-refractivity contribution < 1.29 is 23.8 Å². The Balaban J connectivity index is 0.00000189. The molecule has 0 aromatic carbocycles. The van der Waals surface area contributed by atoms with Gasteiger partial charge in [0.1, 0.15) is 6.29 Å². The first-order chi connectivity index (χ1) is 29.0. The molecule has 0 radical (unpaired) electrons. The van der Waals surface area contributed by atoms with Gasteiger partial charge in [-0.2, -0.15) is 0 Å². The second-order valence-corrected chi connectivity index (χ2v) is 18.4. The maximum atomic E-state index is 12.3. The van der Waals surface area contributed by atoms with Crippen LogP contribution in [0.15, 0.2) is 0 Å². The van der Waals surface area contributed by atoms with Crippen LogP contribution in [0.1, 0.15) is 265 Å². The number of rotatable bonds is 45. The molecule has 0 aromatic rings. The summed E-state index contributed by atoms with van der Waals surface area (Å²) < 4.78 is 17.2. The topological polar surface area (TPSA) is 65.1 Å². The van der Waals surface area contributed by atoms with Crippen molar-refractivity contribution in [3.63, 3.8) is 0 Å². The van der Waals surface area contributed by atoms with Gasteiger partial charge in [0.2, 0.25) is 0 Å². The Morgan fingerprint density at radius 3 is 1.42 bits per heavy atom. The average Bonchev–Trinajstić information content (AvgIpc) is 3.77. The number of carbonyl (C=O) groups is 2. The molecule has 1 fully saturated rings. The monoisotopic (exact) mass is 836 g/mol. The summed E-state index contributed by atoms with van der Waals surface area (Å²) in [7, 11) is 1.81. The standard InChI is InChI=1S/C39H75NO4.C14H30O/c1-3-5-16-25-37(26-17-6-4-2)30-36-44-39(42)29-20-14-10-9-13-19-28-38(27-18-12-8-7-11-15-23-34-41)43-35-24-33-40-31-21-22-32-40;1-4-6-8-10-14(12-13-15-3)11-9-7-5-2/h34,37-38H,3-33,35-36H2,1-2H3;14H,4-13H2,1-3H3. The number of ether oxygens (including phenoxy) is 3. The summed E-state index contributed by atoms with van der Waals surface area (Å²) in [6.45, 7) is 15.3. The predicted octanol–water partition coefficient (Wildman–Crippen LogP) is 15.8. The molecule has 59 heavy (non-hydrogen) atoms. The normalized spacial score (nSPS) is 13.6. The molecule has 0 N–H and O–H groups in total. The highest BCUT2D eigenvalue weighted by Crippen LogP contribution is 2.23. The highest BCUT2D eigenvalue weighted by molar-refractivity contribution is 5.69. The van der Waals surface area contributed by atoms with Gasteiger partial charge in [-0.25, -0.2) is 0 Å². The van der Waals surface area contributed by atoms with Gasteiger partial charge in [0, 0.05) is 39.7 Å². The van der Waals surface area contributed by atoms with Gasteiger partial charge in [-0.15, -0.1) is 0 Å². The number of hydrogen-bond donors (Lipinski definition) is 0. The van der Waals surface area contributed by atoms with Gasteiger partial charge in [-0.1, -0.05) is 195 Å². The lowest BCUT2D eigenvalue weighted by molar-refractivity contribution is -0.144. The van der Waals surface area contributed by atoms with Crippen LogP contribution in [0.3, 0.4) is 0 Å². The fourth-order valence-electron chi connectivity index (χ4n) is 8.80. The van der Waals surface area contributed by atoms with Crippen molar-refractivity contribution in [2.24, 2.45) is 11.8 Å². The van der Waals surface area contributed by atoms with E-state index in [0.29, 0.717) is 19.1 Å². The molecule has 352 valence electrons. The molecule has 1 aliphatic rings. The van der Waals surface area contributed by atoms with E-state index in [1.54, 1.807) is 0 Å². The third-order valence-corrected chi connectivity index (χ3v) is 12.8. The van der Waals surface area contributed by atoms with E-state index >= 15 is 0 Å². The Kier molecular flexibility index (Phi) is 47.3. The third kappa shape index (κ3) is 42.1. The second kappa shape index (κ2) is 48.1. The maximum absolute atomic E-state index is 12.3. The van der Waals surface area contributed by atoms with Crippen molar-refractivity contribution in [1.29, 1.82) is 0 Å². The first-order valence-corrected chi connectivity index (χ1v) is 26.5. The molecular weight excluding hydrogens is 731 g/mol. The molecule has 1 saturated heterocycles. The van der Waals surface area contributed by atoms with Crippen LogP contribution in [0, 0.1) is 11.8 Å². The van der Waals surface area contributed by atoms with Crippen molar-refractivity contribution in [3.8, 4) is 0 Å². The Morgan fingerprint density at radius 1 is 0.508 bits per heavy atom. The zero-order chi connectivity index (χ0) is 43.1. The lowest BCUT2D eigenvalue weighted by Crippen LogP contribution is -2.23. The SMILES string of the molecule is CCCCCC(CCCCC)CCOC.CCCCCC(CCCCC)CCOC(=O)CCCCCCCCC(CCCCCCCCC=O)OCCCN1CCCC1. The van der Waals surface area contributed by atoms with E-state index in [2.05, 4.69) is 32.6 Å². The third-order valence-electron chi connectivity index (χ3n) is 12.8. The molecule has 6 heteroatoms. The fourth-order valence-corrected chi connectivity index (χ4v) is 8.80. The van der Waals surface area contributed by atoms with Crippen LogP contribution >= 0.6 is 0 Å². The van der Waals surface area contributed by atoms with Crippen LogP contribution in [-0.4, -0.2) is 69.8 Å². The van der Waals surface area contributed by atoms with Gasteiger partial charge in [0.05, 0.1) is 12.7 Å². The van der Waals surface area contributed by atoms with Crippen molar-refractivity contribution in [2.45, 2.75) is 271 Å². The molecule has 0 spiro atoms. The molecular formula is C53H105NO5. The van der Waals surface area contributed by atoms with Crippen LogP contribution in [0.4, 0.5) is 0 Å². The minimum Gasteiger partial charge on any atom is -0.466 e. The molecule has 1 heterocycles. The first kappa shape index (κ1) is 58.0. The number of aldehydes is 1. The molecule has 0 aliphatic carbocycles. The zero-order valence-electron chi connectivity index (χ0n) is 40.7. The number of nitrogens with zero attached hydrogens (tertiary/aromatic N) is 1. The van der Waals surface area contributed by atoms with Crippen molar-refractivity contribution in [2.75, 3.05) is 46.6 Å². The van der Waals surface area contributed by atoms with E-state index < -0.39 is 0 Å². The number of esters is 1. The van der Waals surface area contributed by atoms with Gasteiger partial charge in [-0.05, 0) is 82.7 Å². The van der Waals surface area contributed by atoms with E-state index in [0.717, 1.165) is 69.9 Å². The second-order valence-electron chi connectivity index (χ2n) is 18.4. The van der Waals surface area contributed by atoms with E-state index in [4.69, 9.17) is 14.2 Å². The average molecular weight is 836 g/mol. The van der Waals surface area contributed by atoms with Crippen LogP contribution in [0.2, 0.25) is 0 Å². The molecule has 0 amide bonds. The summed E-state index contributed by atoms with van der Waals surface area (Å²) in [5.41, 5.74) is 0. The van der Waals surface area contributed by atoms with Crippen LogP contribution < -0.4 is 0 Å². The van der Waals surface area contributed by atoms with Crippen LogP contribution in [0.25, 0.3) is 0 Å². The lowest BCUT2D eigenvalue weighted by Gasteiger charge is -2.20. The Bertz CT molecular complexity index is 813. The minimum absolute atomic E-state index is 0.0107. The Morgan fingerprint density at radius 2 is 0.949 bits per heavy atom. The van der Waals surface area contributed by atoms with Gasteiger partial charge in [-0.3, -0.25) is 4.79 Å². The molecule has 0 bridgehead atoms. The quantitative estimate of drug-likeness (QED) is 0.0346. The lowest BCUT2D eigenvalue weighted by atomic mass is 9.92. The van der Waals surface area contributed by atoms with E-state index in [1.165, 1.54) is 212 Å². The van der Waals surface area contributed by atoms with Crippen LogP contribution in [0.5, 0.6) is 0 Å². The Labute approximate surface area is 369 Å². The largest absolute Gasteiger partial charge is 0.466 e. The highest BCUT2D eigenvalue weighted by atomic mass is 16.5. The summed E-state index contributed by atoms with van der Waals surface area (Å²) in [4.78, 5) is 25.3. The molecule has 6 nitrogen and oxygen atoms in total. The molecule has 1 unspecified atom stereocenters. The first-order valence-electron chi connectivity index (χ1n) is 26.5. The molecule has 0 saturated carbocycles. The van der Waals surface area contributed by atoms with E-state index in [-0.39, 0.29) is 5.97 Å². The fraction of sp³-hybridized carbons (Fsp3) is 0.962. The summed E-state index contributed by atoms with van der Waals surface area (Å²) >= 11 is 0. The maximum Gasteiger partial charge on any atom is 0.305 e. The summed E-state index contributed by atoms with van der Waals surface area (Å²) in [5, 5.41) is 0. The highest BCUT2D eigenvalue weighted by Gasteiger charge is 2.14. The van der Waals surface area contributed by atoms with E-state index in [1.807, 2.05) is 7.11 Å². The summed E-state index contributed by atoms with van der Waals surface area (Å²) in [5.74, 6) is 1.66. The number of unbranched alkanes of at least 4 members (excludes halogenated alkanes) is 19. The van der Waals surface area contributed by atoms with Gasteiger partial charge >= 0.3 is 5.97 Å². The Hall–Kier alpha value is -0.980. The molecule has 1 aliphatic heterocycles. The number of hydrogen-bond acceptors (Lipinski definition) is 6. The summed E-state index contributed by atoms with van der Waals surface area (Å²) in [6, 6.07) is 0. The minimum atomic E-state index is 0.0107. The molecule has 0 aromatic heterocycles. The summed E-state index contributed by atoms with van der Waals surface area (Å²) in [6.07, 6.45) is 47.3. The van der Waals surface area contributed by atoms with Crippen molar-refractivity contribution >= 4 is 12.3 Å². The zero-order valence-corrected chi connectivity index (χ0v) is 40.7. The van der Waals surface area contributed by atoms with Gasteiger partial charge in [0.25, 0.3) is 0 Å². The van der Waals surface area contributed by atoms with Crippen molar-refractivity contribution in [1.82, 2.24) is 4.90 Å². The van der Waals surface area contributed by atoms with Crippen molar-refractivity contribution in [3.05, 3.63) is 0 Å².